The van der Waals surface area contributed by atoms with Crippen molar-refractivity contribution in [2.45, 2.75) is 32.7 Å². The van der Waals surface area contributed by atoms with Crippen LogP contribution in [0.5, 0.6) is 11.5 Å². The van der Waals surface area contributed by atoms with Crippen LogP contribution in [0.25, 0.3) is 5.69 Å². The molecule has 1 aliphatic heterocycles. The van der Waals surface area contributed by atoms with Gasteiger partial charge in [0.25, 0.3) is 0 Å². The Balaban J connectivity index is 1.34. The smallest absolute Gasteiger partial charge is 0.220 e. The van der Waals surface area contributed by atoms with E-state index in [1.54, 1.807) is 41.2 Å². The Bertz CT molecular complexity index is 1140. The van der Waals surface area contributed by atoms with Crippen molar-refractivity contribution in [1.29, 1.82) is 0 Å². The van der Waals surface area contributed by atoms with E-state index >= 15 is 0 Å². The molecule has 4 rings (SSSR count). The molecule has 3 aromatic rings. The molecule has 2 aromatic carbocycles. The second kappa shape index (κ2) is 9.21. The van der Waals surface area contributed by atoms with Gasteiger partial charge in [0, 0.05) is 29.7 Å². The summed E-state index contributed by atoms with van der Waals surface area (Å²) in [4.78, 5) is 25.0. The summed E-state index contributed by atoms with van der Waals surface area (Å²) in [5, 5.41) is 7.28. The van der Waals surface area contributed by atoms with Gasteiger partial charge in [0.15, 0.2) is 17.3 Å². The maximum absolute atomic E-state index is 13.2. The first-order valence-corrected chi connectivity index (χ1v) is 10.4. The summed E-state index contributed by atoms with van der Waals surface area (Å²) in [6.45, 7) is 4.68. The lowest BCUT2D eigenvalue weighted by atomic mass is 10.0. The number of ketones is 1. The van der Waals surface area contributed by atoms with Gasteiger partial charge in [0.1, 0.15) is 19.0 Å². The maximum Gasteiger partial charge on any atom is 0.220 e. The predicted molar refractivity (Wildman–Crippen MR) is 116 cm³/mol. The van der Waals surface area contributed by atoms with Gasteiger partial charge in [-0.05, 0) is 56.3 Å². The van der Waals surface area contributed by atoms with Gasteiger partial charge >= 0.3 is 0 Å². The van der Waals surface area contributed by atoms with Crippen molar-refractivity contribution in [2.24, 2.45) is 0 Å². The van der Waals surface area contributed by atoms with E-state index in [2.05, 4.69) is 10.4 Å². The fraction of sp³-hybridized carbons (Fsp3) is 0.292. The lowest BCUT2D eigenvalue weighted by Crippen LogP contribution is -2.27. The lowest BCUT2D eigenvalue weighted by Gasteiger charge is -2.18. The van der Waals surface area contributed by atoms with Crippen LogP contribution >= 0.6 is 0 Å². The fourth-order valence-corrected chi connectivity index (χ4v) is 3.67. The minimum atomic E-state index is -0.315. The van der Waals surface area contributed by atoms with Gasteiger partial charge < -0.3 is 14.8 Å². The number of ether oxygens (including phenoxy) is 2. The Hall–Kier alpha value is -3.68. The number of hydrogen-bond donors (Lipinski definition) is 1. The number of aromatic nitrogens is 2. The van der Waals surface area contributed by atoms with Crippen LogP contribution in [0.1, 0.15) is 47.4 Å². The highest BCUT2D eigenvalue weighted by atomic mass is 19.1. The minimum absolute atomic E-state index is 0.0722. The van der Waals surface area contributed by atoms with Crippen LogP contribution < -0.4 is 14.8 Å². The molecule has 2 heterocycles. The molecule has 1 atom stereocenters. The van der Waals surface area contributed by atoms with Crippen LogP contribution in [0.3, 0.4) is 0 Å². The highest BCUT2D eigenvalue weighted by molar-refractivity contribution is 5.98. The second-order valence-electron chi connectivity index (χ2n) is 7.64. The summed E-state index contributed by atoms with van der Waals surface area (Å²) in [5.74, 6) is 0.498. The van der Waals surface area contributed by atoms with E-state index in [-0.39, 0.29) is 36.4 Å². The van der Waals surface area contributed by atoms with Gasteiger partial charge in [0.05, 0.1) is 17.9 Å². The SMILES string of the molecule is Cc1c(C(C)NC(=O)CCC(=O)c2ccc3c(c2)OCCO3)cnn1-c1ccc(F)cc1. The molecule has 32 heavy (non-hydrogen) atoms. The molecule has 0 radical (unpaired) electrons. The van der Waals surface area contributed by atoms with Gasteiger partial charge in [0.2, 0.25) is 5.91 Å². The van der Waals surface area contributed by atoms with E-state index in [0.29, 0.717) is 30.3 Å². The number of Topliss-reactive ketones (excluding diaryl/α,β-unsaturated/α-hetero) is 1. The molecule has 0 aliphatic carbocycles. The topological polar surface area (TPSA) is 82.5 Å². The lowest BCUT2D eigenvalue weighted by molar-refractivity contribution is -0.121. The summed E-state index contributed by atoms with van der Waals surface area (Å²) in [7, 11) is 0. The predicted octanol–water partition coefficient (Wildman–Crippen LogP) is 3.93. The zero-order valence-electron chi connectivity index (χ0n) is 17.9. The third-order valence-corrected chi connectivity index (χ3v) is 5.41. The molecule has 166 valence electrons. The van der Waals surface area contributed by atoms with Gasteiger partial charge in [-0.25, -0.2) is 9.07 Å². The molecule has 0 fully saturated rings. The van der Waals surface area contributed by atoms with E-state index in [4.69, 9.17) is 9.47 Å². The van der Waals surface area contributed by atoms with Crippen molar-refractivity contribution in [3.8, 4) is 17.2 Å². The number of fused-ring (bicyclic) bond motifs is 1. The van der Waals surface area contributed by atoms with Gasteiger partial charge in [-0.3, -0.25) is 9.59 Å². The summed E-state index contributed by atoms with van der Waals surface area (Å²) in [5.41, 5.74) is 2.92. The average Bonchev–Trinajstić information content (AvgIpc) is 3.19. The molecule has 0 bridgehead atoms. The zero-order chi connectivity index (χ0) is 22.7. The average molecular weight is 437 g/mol. The van der Waals surface area contributed by atoms with Crippen LogP contribution in [0, 0.1) is 12.7 Å². The first-order chi connectivity index (χ1) is 15.4. The third kappa shape index (κ3) is 4.64. The Morgan fingerprint density at radius 1 is 1.09 bits per heavy atom. The minimum Gasteiger partial charge on any atom is -0.486 e. The summed E-state index contributed by atoms with van der Waals surface area (Å²) < 4.78 is 25.8. The Morgan fingerprint density at radius 3 is 2.56 bits per heavy atom. The van der Waals surface area contributed by atoms with E-state index in [1.165, 1.54) is 12.1 Å². The van der Waals surface area contributed by atoms with Crippen LogP contribution in [-0.4, -0.2) is 34.7 Å². The maximum atomic E-state index is 13.2. The molecule has 1 amide bonds. The van der Waals surface area contributed by atoms with Crippen molar-refractivity contribution in [3.05, 3.63) is 71.3 Å². The second-order valence-corrected chi connectivity index (χ2v) is 7.64. The highest BCUT2D eigenvalue weighted by Crippen LogP contribution is 2.31. The molecular formula is C24H24FN3O4. The Kier molecular flexibility index (Phi) is 6.20. The molecule has 0 spiro atoms. The monoisotopic (exact) mass is 437 g/mol. The Morgan fingerprint density at radius 2 is 1.81 bits per heavy atom. The van der Waals surface area contributed by atoms with Gasteiger partial charge in [-0.1, -0.05) is 0 Å². The number of hydrogen-bond acceptors (Lipinski definition) is 5. The first-order valence-electron chi connectivity index (χ1n) is 10.4. The number of nitrogens with one attached hydrogen (secondary N) is 1. The zero-order valence-corrected chi connectivity index (χ0v) is 17.9. The van der Waals surface area contributed by atoms with Gasteiger partial charge in [-0.2, -0.15) is 5.10 Å². The quantitative estimate of drug-likeness (QED) is 0.567. The molecule has 0 saturated carbocycles. The first kappa shape index (κ1) is 21.5. The van der Waals surface area contributed by atoms with E-state index in [9.17, 15) is 14.0 Å². The van der Waals surface area contributed by atoms with Crippen LogP contribution in [0.4, 0.5) is 4.39 Å². The van der Waals surface area contributed by atoms with Crippen LogP contribution in [-0.2, 0) is 4.79 Å². The fourth-order valence-electron chi connectivity index (χ4n) is 3.67. The molecule has 1 unspecified atom stereocenters. The number of nitrogens with zero attached hydrogens (tertiary/aromatic N) is 2. The number of benzene rings is 2. The number of carbonyl (C=O) groups excluding carboxylic acids is 2. The van der Waals surface area contributed by atoms with E-state index < -0.39 is 0 Å². The normalized spacial score (nSPS) is 13.5. The molecule has 0 saturated heterocycles. The van der Waals surface area contributed by atoms with E-state index in [0.717, 1.165) is 16.9 Å². The number of carbonyl (C=O) groups is 2. The van der Waals surface area contributed by atoms with Crippen LogP contribution in [0.2, 0.25) is 0 Å². The third-order valence-electron chi connectivity index (χ3n) is 5.41. The summed E-state index contributed by atoms with van der Waals surface area (Å²) in [6.07, 6.45) is 1.85. The van der Waals surface area contributed by atoms with E-state index in [1.807, 2.05) is 13.8 Å². The molecular weight excluding hydrogens is 413 g/mol. The van der Waals surface area contributed by atoms with Crippen molar-refractivity contribution >= 4 is 11.7 Å². The summed E-state index contributed by atoms with van der Waals surface area (Å²) >= 11 is 0. The standard InChI is InChI=1S/C24H24FN3O4/c1-15(20-14-26-28(16(20)2)19-6-4-18(25)5-7-19)27-24(30)10-8-21(29)17-3-9-22-23(13-17)32-12-11-31-22/h3-7,9,13-15H,8,10-12H2,1-2H3,(H,27,30). The number of halogens is 1. The molecule has 1 N–H and O–H groups in total. The van der Waals surface area contributed by atoms with Crippen molar-refractivity contribution < 1.29 is 23.5 Å². The Labute approximate surface area is 185 Å². The van der Waals surface area contributed by atoms with Crippen molar-refractivity contribution in [3.63, 3.8) is 0 Å². The molecule has 7 nitrogen and oxygen atoms in total. The van der Waals surface area contributed by atoms with Crippen molar-refractivity contribution in [1.82, 2.24) is 15.1 Å². The highest BCUT2D eigenvalue weighted by Gasteiger charge is 2.19. The molecule has 1 aromatic heterocycles. The van der Waals surface area contributed by atoms with Crippen molar-refractivity contribution in [2.75, 3.05) is 13.2 Å². The number of rotatable bonds is 7. The van der Waals surface area contributed by atoms with Crippen LogP contribution in [0.15, 0.2) is 48.7 Å². The molecule has 8 heteroatoms. The summed E-state index contributed by atoms with van der Waals surface area (Å²) in [6, 6.07) is 10.8. The molecule has 1 aliphatic rings. The largest absolute Gasteiger partial charge is 0.486 e. The number of amides is 1. The van der Waals surface area contributed by atoms with Gasteiger partial charge in [-0.15, -0.1) is 0 Å².